The van der Waals surface area contributed by atoms with Crippen LogP contribution in [0.3, 0.4) is 0 Å². The molecule has 0 aromatic carbocycles. The fourth-order valence-electron chi connectivity index (χ4n) is 0. The van der Waals surface area contributed by atoms with Crippen molar-refractivity contribution in [2.24, 2.45) is 0 Å². The smallest absolute Gasteiger partial charge is 0.263 e. The second kappa shape index (κ2) is 2.80. The van der Waals surface area contributed by atoms with Crippen LogP contribution >= 0.6 is 0 Å². The second-order valence-corrected chi connectivity index (χ2v) is 2.78. The molecule has 42 valence electrons. The summed E-state index contributed by atoms with van der Waals surface area (Å²) in [5.74, 6) is 0. The Kier molecular flexibility index (Phi) is 4.59. The summed E-state index contributed by atoms with van der Waals surface area (Å²) < 4.78 is 19.0. The molecule has 0 aromatic heterocycles. The number of hydrogen-bond acceptors (Lipinski definition) is 2. The predicted octanol–water partition coefficient (Wildman–Crippen LogP) is -0.180. The summed E-state index contributed by atoms with van der Waals surface area (Å²) in [4.78, 5) is 0. The first-order valence-electron chi connectivity index (χ1n) is 1.03. The van der Waals surface area contributed by atoms with Crippen LogP contribution in [-0.2, 0) is 32.2 Å². The maximum atomic E-state index is 9.52. The summed E-state index contributed by atoms with van der Waals surface area (Å²) in [5, 5.41) is 0. The van der Waals surface area contributed by atoms with Crippen molar-refractivity contribution in [2.45, 2.75) is 0 Å². The van der Waals surface area contributed by atoms with Gasteiger partial charge in [-0.1, -0.05) is 0 Å². The average Bonchev–Trinajstić information content (AvgIpc) is 0.722. The van der Waals surface area contributed by atoms with E-state index < -0.39 is 9.84 Å². The largest absolute Gasteiger partial charge is 1.00 e. The van der Waals surface area contributed by atoms with Crippen LogP contribution in [-0.4, -0.2) is 14.7 Å². The van der Waals surface area contributed by atoms with E-state index in [2.05, 4.69) is 6.26 Å². The van der Waals surface area contributed by atoms with E-state index in [0.717, 1.165) is 6.26 Å². The molecule has 0 saturated carbocycles. The first-order valence-corrected chi connectivity index (χ1v) is 3.09. The molecule has 0 rings (SSSR count). The van der Waals surface area contributed by atoms with Gasteiger partial charge in [0.05, 0.1) is 0 Å². The fraction of sp³-hybridized carbons (Fsp3) is 0.500. The summed E-state index contributed by atoms with van der Waals surface area (Å²) >= 11 is 0. The van der Waals surface area contributed by atoms with E-state index in [9.17, 15) is 8.42 Å². The van der Waals surface area contributed by atoms with Gasteiger partial charge < -0.3 is 0 Å². The molecular formula is C2H5AuO2S. The maximum Gasteiger partial charge on any atom is 1.00 e. The quantitative estimate of drug-likeness (QED) is 0.458. The van der Waals surface area contributed by atoms with E-state index in [4.69, 9.17) is 0 Å². The van der Waals surface area contributed by atoms with Crippen LogP contribution in [0.4, 0.5) is 0 Å². The number of hydrogen-bond donors (Lipinski definition) is 0. The SMILES string of the molecule is [Au+].[CH2-]S(C)(=O)=O. The Morgan fingerprint density at radius 2 is 1.50 bits per heavy atom. The van der Waals surface area contributed by atoms with Gasteiger partial charge in [0, 0.05) is 16.1 Å². The van der Waals surface area contributed by atoms with Crippen molar-refractivity contribution >= 4 is 9.84 Å². The van der Waals surface area contributed by atoms with Crippen LogP contribution in [0.5, 0.6) is 0 Å². The molecule has 0 amide bonds. The molecule has 0 aliphatic rings. The van der Waals surface area contributed by atoms with Gasteiger partial charge >= 0.3 is 22.4 Å². The summed E-state index contributed by atoms with van der Waals surface area (Å²) in [6, 6.07) is 0. The maximum absolute atomic E-state index is 9.52. The summed E-state index contributed by atoms with van der Waals surface area (Å²) in [6.07, 6.45) is 3.79. The number of sulfone groups is 1. The summed E-state index contributed by atoms with van der Waals surface area (Å²) in [6.45, 7) is 0. The third-order valence-corrected chi connectivity index (χ3v) is 0. The van der Waals surface area contributed by atoms with Crippen molar-refractivity contribution in [1.82, 2.24) is 0 Å². The van der Waals surface area contributed by atoms with Gasteiger partial charge in [0.2, 0.25) is 0 Å². The minimum Gasteiger partial charge on any atom is -0.263 e. The van der Waals surface area contributed by atoms with Crippen molar-refractivity contribution in [2.75, 3.05) is 6.26 Å². The van der Waals surface area contributed by atoms with Crippen molar-refractivity contribution in [3.8, 4) is 0 Å². The van der Waals surface area contributed by atoms with E-state index in [0.29, 0.717) is 0 Å². The zero-order valence-electron chi connectivity index (χ0n) is 3.23. The average molecular weight is 290 g/mol. The minimum absolute atomic E-state index is 0. The van der Waals surface area contributed by atoms with Gasteiger partial charge in [-0.2, -0.15) is 0 Å². The predicted molar refractivity (Wildman–Crippen MR) is 20.2 cm³/mol. The van der Waals surface area contributed by atoms with Crippen molar-refractivity contribution in [3.63, 3.8) is 0 Å². The van der Waals surface area contributed by atoms with Crippen LogP contribution in [0.2, 0.25) is 0 Å². The van der Waals surface area contributed by atoms with Crippen LogP contribution in [0.1, 0.15) is 0 Å². The molecule has 0 aromatic rings. The summed E-state index contributed by atoms with van der Waals surface area (Å²) in [7, 11) is -2.92. The van der Waals surface area contributed by atoms with Crippen LogP contribution in [0, 0.1) is 6.26 Å². The van der Waals surface area contributed by atoms with Crippen LogP contribution in [0.15, 0.2) is 0 Å². The van der Waals surface area contributed by atoms with Gasteiger partial charge in [0.25, 0.3) is 0 Å². The zero-order chi connectivity index (χ0) is 4.50. The molecule has 4 heteroatoms. The third-order valence-electron chi connectivity index (χ3n) is 0. The van der Waals surface area contributed by atoms with E-state index >= 15 is 0 Å². The van der Waals surface area contributed by atoms with Crippen molar-refractivity contribution in [3.05, 3.63) is 6.26 Å². The molecule has 0 saturated heterocycles. The normalized spacial score (nSPS) is 9.67. The van der Waals surface area contributed by atoms with Gasteiger partial charge in [-0.25, -0.2) is 6.26 Å². The third kappa shape index (κ3) is 134. The van der Waals surface area contributed by atoms with E-state index in [-0.39, 0.29) is 22.4 Å². The minimum atomic E-state index is -2.92. The molecule has 6 heavy (non-hydrogen) atoms. The van der Waals surface area contributed by atoms with Gasteiger partial charge in [-0.15, -0.1) is 0 Å². The summed E-state index contributed by atoms with van der Waals surface area (Å²) in [5.41, 5.74) is 0. The first kappa shape index (κ1) is 9.85. The Balaban J connectivity index is 0. The Morgan fingerprint density at radius 1 is 1.50 bits per heavy atom. The standard InChI is InChI=1S/C2H5O2S.Au/c1-5(2,3)4;/h1H2,2H3;/q-1;+1. The molecule has 0 aliphatic carbocycles. The Hall–Kier alpha value is 0.690. The van der Waals surface area contributed by atoms with E-state index in [1.54, 1.807) is 0 Å². The van der Waals surface area contributed by atoms with E-state index in [1.807, 2.05) is 0 Å². The topological polar surface area (TPSA) is 34.1 Å². The van der Waals surface area contributed by atoms with Gasteiger partial charge in [0.15, 0.2) is 0 Å². The Morgan fingerprint density at radius 3 is 1.50 bits per heavy atom. The number of rotatable bonds is 0. The molecule has 0 N–H and O–H groups in total. The van der Waals surface area contributed by atoms with E-state index in [1.165, 1.54) is 0 Å². The molecule has 0 bridgehead atoms. The van der Waals surface area contributed by atoms with Gasteiger partial charge in [-0.3, -0.25) is 8.42 Å². The molecule has 0 heterocycles. The van der Waals surface area contributed by atoms with Crippen molar-refractivity contribution in [1.29, 1.82) is 0 Å². The molecule has 0 fully saturated rings. The molecule has 0 spiro atoms. The second-order valence-electron chi connectivity index (χ2n) is 0.926. The molecule has 0 unspecified atom stereocenters. The fourth-order valence-corrected chi connectivity index (χ4v) is 0. The van der Waals surface area contributed by atoms with Crippen LogP contribution < -0.4 is 0 Å². The van der Waals surface area contributed by atoms with Gasteiger partial charge in [0.1, 0.15) is 0 Å². The van der Waals surface area contributed by atoms with Crippen LogP contribution in [0.25, 0.3) is 0 Å². The Labute approximate surface area is 53.4 Å². The molecule has 0 aliphatic heterocycles. The monoisotopic (exact) mass is 290 g/mol. The molecule has 0 atom stereocenters. The van der Waals surface area contributed by atoms with Gasteiger partial charge in [-0.05, 0) is 0 Å². The molecule has 2 nitrogen and oxygen atoms in total. The first-order chi connectivity index (χ1) is 2.00. The zero-order valence-corrected chi connectivity index (χ0v) is 6.22. The Bertz CT molecular complexity index is 94.7. The molecule has 0 radical (unpaired) electrons. The molecular weight excluding hydrogens is 285 g/mol. The van der Waals surface area contributed by atoms with Crippen molar-refractivity contribution < 1.29 is 30.8 Å².